The van der Waals surface area contributed by atoms with Crippen LogP contribution >= 0.6 is 11.3 Å². The molecule has 0 saturated carbocycles. The van der Waals surface area contributed by atoms with Crippen LogP contribution in [-0.4, -0.2) is 41.3 Å². The van der Waals surface area contributed by atoms with Crippen molar-refractivity contribution >= 4 is 44.2 Å². The van der Waals surface area contributed by atoms with Gasteiger partial charge in [0.25, 0.3) is 5.91 Å². The van der Waals surface area contributed by atoms with Crippen LogP contribution in [0, 0.1) is 0 Å². The lowest BCUT2D eigenvalue weighted by molar-refractivity contribution is -0.137. The quantitative estimate of drug-likeness (QED) is 0.495. The van der Waals surface area contributed by atoms with Gasteiger partial charge in [-0.1, -0.05) is 11.3 Å². The van der Waals surface area contributed by atoms with Crippen molar-refractivity contribution < 1.29 is 22.8 Å². The maximum Gasteiger partial charge on any atom is 0.416 e. The average Bonchev–Trinajstić information content (AvgIpc) is 3.35. The lowest BCUT2D eigenvalue weighted by atomic mass is 10.2. The zero-order chi connectivity index (χ0) is 22.7. The van der Waals surface area contributed by atoms with E-state index in [0.29, 0.717) is 47.8 Å². The summed E-state index contributed by atoms with van der Waals surface area (Å²) in [5.74, 6) is -0.0296. The number of rotatable bonds is 7. The Kier molecular flexibility index (Phi) is 6.31. The van der Waals surface area contributed by atoms with E-state index < -0.39 is 11.7 Å². The Morgan fingerprint density at radius 3 is 2.62 bits per heavy atom. The molecule has 2 amide bonds. The second kappa shape index (κ2) is 9.15. The van der Waals surface area contributed by atoms with Crippen LogP contribution in [-0.2, 0) is 11.0 Å². The Morgan fingerprint density at radius 2 is 1.94 bits per heavy atom. The van der Waals surface area contributed by atoms with Gasteiger partial charge in [0.05, 0.1) is 15.8 Å². The van der Waals surface area contributed by atoms with E-state index in [1.807, 2.05) is 4.90 Å². The van der Waals surface area contributed by atoms with Gasteiger partial charge in [0.15, 0.2) is 5.13 Å². The molecule has 10 heteroatoms. The van der Waals surface area contributed by atoms with E-state index in [2.05, 4.69) is 15.6 Å². The van der Waals surface area contributed by atoms with Crippen LogP contribution in [0.4, 0.5) is 24.0 Å². The fourth-order valence-electron chi connectivity index (χ4n) is 3.50. The predicted molar refractivity (Wildman–Crippen MR) is 117 cm³/mol. The highest BCUT2D eigenvalue weighted by Gasteiger charge is 2.30. The van der Waals surface area contributed by atoms with Crippen molar-refractivity contribution in [3.8, 4) is 0 Å². The lowest BCUT2D eigenvalue weighted by Gasteiger charge is -2.15. The largest absolute Gasteiger partial charge is 0.416 e. The first-order chi connectivity index (χ1) is 15.3. The summed E-state index contributed by atoms with van der Waals surface area (Å²) in [5, 5.41) is 6.39. The van der Waals surface area contributed by atoms with Gasteiger partial charge in [-0.3, -0.25) is 9.59 Å². The summed E-state index contributed by atoms with van der Waals surface area (Å²) in [4.78, 5) is 30.3. The number of nitrogens with zero attached hydrogens (tertiary/aromatic N) is 2. The first-order valence-electron chi connectivity index (χ1n) is 10.2. The van der Waals surface area contributed by atoms with E-state index >= 15 is 0 Å². The first-order valence-corrected chi connectivity index (χ1v) is 11.0. The number of amides is 2. The van der Waals surface area contributed by atoms with Crippen LogP contribution in [0.25, 0.3) is 10.2 Å². The Morgan fingerprint density at radius 1 is 1.16 bits per heavy atom. The number of fused-ring (bicyclic) bond motifs is 1. The van der Waals surface area contributed by atoms with Crippen LogP contribution in [0.2, 0.25) is 0 Å². The molecular formula is C22H21F3N4O2S. The number of aromatic nitrogens is 1. The smallest absolute Gasteiger partial charge is 0.352 e. The van der Waals surface area contributed by atoms with Gasteiger partial charge in [0, 0.05) is 37.3 Å². The Bertz CT molecular complexity index is 1130. The fraction of sp³-hybridized carbons (Fsp3) is 0.318. The van der Waals surface area contributed by atoms with Crippen LogP contribution < -0.4 is 10.6 Å². The molecule has 0 atom stereocenters. The molecule has 0 bridgehead atoms. The van der Waals surface area contributed by atoms with E-state index in [0.717, 1.165) is 29.8 Å². The molecule has 1 saturated heterocycles. The summed E-state index contributed by atoms with van der Waals surface area (Å²) < 4.78 is 38.9. The summed E-state index contributed by atoms with van der Waals surface area (Å²) in [6.45, 7) is 1.91. The van der Waals surface area contributed by atoms with Gasteiger partial charge in [-0.2, -0.15) is 13.2 Å². The lowest BCUT2D eigenvalue weighted by Crippen LogP contribution is -2.30. The van der Waals surface area contributed by atoms with Gasteiger partial charge < -0.3 is 15.5 Å². The molecule has 1 aromatic heterocycles. The van der Waals surface area contributed by atoms with Gasteiger partial charge in [-0.15, -0.1) is 0 Å². The molecule has 2 N–H and O–H groups in total. The molecule has 0 unspecified atom stereocenters. The SMILES string of the molecule is O=C(NCCCN1CCCC1=O)c1ccc2nc(Nc3ccc(C(F)(F)F)cc3)sc2c1. The van der Waals surface area contributed by atoms with Gasteiger partial charge in [0.2, 0.25) is 5.91 Å². The Labute approximate surface area is 186 Å². The molecule has 1 aliphatic heterocycles. The zero-order valence-corrected chi connectivity index (χ0v) is 17.9. The minimum absolute atomic E-state index is 0.174. The first kappa shape index (κ1) is 22.1. The van der Waals surface area contributed by atoms with Gasteiger partial charge in [-0.05, 0) is 55.3 Å². The molecular weight excluding hydrogens is 441 g/mol. The number of carbonyl (C=O) groups is 2. The van der Waals surface area contributed by atoms with E-state index in [-0.39, 0.29) is 11.8 Å². The fourth-order valence-corrected chi connectivity index (χ4v) is 4.43. The molecule has 168 valence electrons. The highest BCUT2D eigenvalue weighted by atomic mass is 32.1. The molecule has 2 aromatic carbocycles. The van der Waals surface area contributed by atoms with E-state index in [4.69, 9.17) is 0 Å². The Hall–Kier alpha value is -3.14. The number of benzene rings is 2. The number of likely N-dealkylation sites (tertiary alicyclic amines) is 1. The standard InChI is InChI=1S/C22H21F3N4O2S/c23-22(24,25)15-5-7-16(8-6-15)27-21-28-17-9-4-14(13-18(17)32-21)20(31)26-10-2-12-29-11-1-3-19(29)30/h4-9,13H,1-3,10-12H2,(H,26,31)(H,27,28). The summed E-state index contributed by atoms with van der Waals surface area (Å²) >= 11 is 1.31. The second-order valence-corrected chi connectivity index (χ2v) is 8.53. The van der Waals surface area contributed by atoms with Crippen LogP contribution in [0.3, 0.4) is 0 Å². The molecule has 1 aliphatic rings. The van der Waals surface area contributed by atoms with Crippen molar-refractivity contribution in [2.75, 3.05) is 25.0 Å². The minimum Gasteiger partial charge on any atom is -0.352 e. The molecule has 0 spiro atoms. The van der Waals surface area contributed by atoms with Crippen molar-refractivity contribution in [3.63, 3.8) is 0 Å². The maximum atomic E-state index is 12.7. The third-order valence-corrected chi connectivity index (χ3v) is 6.11. The minimum atomic E-state index is -4.38. The molecule has 32 heavy (non-hydrogen) atoms. The van der Waals surface area contributed by atoms with Gasteiger partial charge in [0.1, 0.15) is 0 Å². The van der Waals surface area contributed by atoms with Crippen molar-refractivity contribution in [2.24, 2.45) is 0 Å². The van der Waals surface area contributed by atoms with Crippen LogP contribution in [0.5, 0.6) is 0 Å². The Balaban J connectivity index is 1.35. The number of carbonyl (C=O) groups excluding carboxylic acids is 2. The molecule has 2 heterocycles. The van der Waals surface area contributed by atoms with Crippen molar-refractivity contribution in [2.45, 2.75) is 25.4 Å². The van der Waals surface area contributed by atoms with Crippen LogP contribution in [0.1, 0.15) is 35.2 Å². The number of alkyl halides is 3. The molecule has 1 fully saturated rings. The highest BCUT2D eigenvalue weighted by molar-refractivity contribution is 7.22. The van der Waals surface area contributed by atoms with E-state index in [9.17, 15) is 22.8 Å². The van der Waals surface area contributed by atoms with Crippen molar-refractivity contribution in [1.29, 1.82) is 0 Å². The normalized spacial score (nSPS) is 14.2. The predicted octanol–water partition coefficient (Wildman–Crippen LogP) is 4.80. The summed E-state index contributed by atoms with van der Waals surface area (Å²) in [6, 6.07) is 9.89. The van der Waals surface area contributed by atoms with Crippen molar-refractivity contribution in [1.82, 2.24) is 15.2 Å². The summed E-state index contributed by atoms with van der Waals surface area (Å²) in [6.07, 6.45) is -2.18. The van der Waals surface area contributed by atoms with Crippen molar-refractivity contribution in [3.05, 3.63) is 53.6 Å². The van der Waals surface area contributed by atoms with E-state index in [1.54, 1.807) is 18.2 Å². The average molecular weight is 462 g/mol. The van der Waals surface area contributed by atoms with Crippen LogP contribution in [0.15, 0.2) is 42.5 Å². The number of hydrogen-bond acceptors (Lipinski definition) is 5. The van der Waals surface area contributed by atoms with Gasteiger partial charge in [-0.25, -0.2) is 4.98 Å². The molecule has 0 aliphatic carbocycles. The molecule has 6 nitrogen and oxygen atoms in total. The number of nitrogens with one attached hydrogen (secondary N) is 2. The zero-order valence-electron chi connectivity index (χ0n) is 17.0. The summed E-state index contributed by atoms with van der Waals surface area (Å²) in [5.41, 5.74) is 0.967. The maximum absolute atomic E-state index is 12.7. The number of halogens is 3. The molecule has 3 aromatic rings. The number of hydrogen-bond donors (Lipinski definition) is 2. The number of anilines is 2. The highest BCUT2D eigenvalue weighted by Crippen LogP contribution is 2.32. The van der Waals surface area contributed by atoms with Gasteiger partial charge >= 0.3 is 6.18 Å². The van der Waals surface area contributed by atoms with E-state index in [1.165, 1.54) is 23.5 Å². The second-order valence-electron chi connectivity index (χ2n) is 7.50. The topological polar surface area (TPSA) is 74.3 Å². The third-order valence-electron chi connectivity index (χ3n) is 5.18. The third kappa shape index (κ3) is 5.18. The monoisotopic (exact) mass is 462 g/mol. The number of thiazole rings is 1. The molecule has 0 radical (unpaired) electrons. The summed E-state index contributed by atoms with van der Waals surface area (Å²) in [7, 11) is 0. The molecule has 4 rings (SSSR count).